The molecule has 1 unspecified atom stereocenters. The highest BCUT2D eigenvalue weighted by Crippen LogP contribution is 2.32. The maximum Gasteiger partial charge on any atom is 0.122 e. The fourth-order valence-corrected chi connectivity index (χ4v) is 2.39. The molecule has 2 N–H and O–H groups in total. The lowest BCUT2D eigenvalue weighted by Gasteiger charge is -2.33. The molecule has 0 radical (unpaired) electrons. The zero-order valence-corrected chi connectivity index (χ0v) is 10.6. The Labute approximate surface area is 103 Å². The molecule has 2 rings (SSSR count). The van der Waals surface area contributed by atoms with Crippen molar-refractivity contribution < 1.29 is 9.47 Å². The van der Waals surface area contributed by atoms with Crippen LogP contribution in [0, 0.1) is 5.92 Å². The van der Waals surface area contributed by atoms with Crippen molar-refractivity contribution in [3.8, 4) is 5.75 Å². The summed E-state index contributed by atoms with van der Waals surface area (Å²) in [5.41, 5.74) is 8.46. The molecule has 0 bridgehead atoms. The zero-order chi connectivity index (χ0) is 12.3. The number of benzene rings is 1. The highest BCUT2D eigenvalue weighted by molar-refractivity contribution is 5.39. The molecule has 3 nitrogen and oxygen atoms in total. The Morgan fingerprint density at radius 2 is 2.24 bits per heavy atom. The van der Waals surface area contributed by atoms with E-state index in [2.05, 4.69) is 25.1 Å². The van der Waals surface area contributed by atoms with E-state index in [1.165, 1.54) is 11.1 Å². The third-order valence-electron chi connectivity index (χ3n) is 3.60. The van der Waals surface area contributed by atoms with Crippen LogP contribution in [0.25, 0.3) is 0 Å². The van der Waals surface area contributed by atoms with Gasteiger partial charge in [-0.1, -0.05) is 19.1 Å². The molecule has 3 heteroatoms. The fraction of sp³-hybridized carbons (Fsp3) is 0.571. The Morgan fingerprint density at radius 1 is 1.47 bits per heavy atom. The molecule has 0 amide bonds. The van der Waals surface area contributed by atoms with Gasteiger partial charge in [-0.15, -0.1) is 0 Å². The number of methoxy groups -OCH3 is 1. The van der Waals surface area contributed by atoms with Crippen LogP contribution in [0.1, 0.15) is 24.0 Å². The molecular weight excluding hydrogens is 214 g/mol. The second kappa shape index (κ2) is 5.52. The summed E-state index contributed by atoms with van der Waals surface area (Å²) in [6.07, 6.45) is 0.982. The lowest BCUT2D eigenvalue weighted by molar-refractivity contribution is -0.0437. The van der Waals surface area contributed by atoms with Gasteiger partial charge >= 0.3 is 0 Å². The highest BCUT2D eigenvalue weighted by atomic mass is 16.5. The van der Waals surface area contributed by atoms with Crippen LogP contribution in [-0.4, -0.2) is 26.9 Å². The average molecular weight is 235 g/mol. The fourth-order valence-electron chi connectivity index (χ4n) is 2.39. The summed E-state index contributed by atoms with van der Waals surface area (Å²) < 4.78 is 10.6. The van der Waals surface area contributed by atoms with Gasteiger partial charge in [0.05, 0.1) is 20.3 Å². The molecule has 1 fully saturated rings. The minimum absolute atomic E-state index is 0.417. The number of aryl methyl sites for hydroxylation is 1. The Morgan fingerprint density at radius 3 is 2.71 bits per heavy atom. The number of hydrogen-bond donors (Lipinski definition) is 1. The molecule has 0 spiro atoms. The van der Waals surface area contributed by atoms with Gasteiger partial charge < -0.3 is 15.2 Å². The minimum Gasteiger partial charge on any atom is -0.496 e. The molecule has 0 saturated carbocycles. The summed E-state index contributed by atoms with van der Waals surface area (Å²) in [6, 6.07) is 6.42. The van der Waals surface area contributed by atoms with Crippen molar-refractivity contribution in [2.45, 2.75) is 19.3 Å². The number of hydrogen-bond acceptors (Lipinski definition) is 3. The standard InChI is InChI=1S/C14H21NO2/c1-3-10-6-11(4-5-14(10)16-2)13(7-15)12-8-17-9-12/h4-6,12-13H,3,7-9,15H2,1-2H3. The summed E-state index contributed by atoms with van der Waals surface area (Å²) in [5.74, 6) is 1.97. The zero-order valence-electron chi connectivity index (χ0n) is 10.6. The molecule has 1 atom stereocenters. The van der Waals surface area contributed by atoms with Crippen molar-refractivity contribution in [1.82, 2.24) is 0 Å². The monoisotopic (exact) mass is 235 g/mol. The molecule has 1 aliphatic rings. The van der Waals surface area contributed by atoms with Crippen LogP contribution in [0.2, 0.25) is 0 Å². The Balaban J connectivity index is 2.24. The number of rotatable bonds is 5. The molecular formula is C14H21NO2. The summed E-state index contributed by atoms with van der Waals surface area (Å²) >= 11 is 0. The third-order valence-corrected chi connectivity index (χ3v) is 3.60. The molecule has 0 aromatic heterocycles. The second-order valence-corrected chi connectivity index (χ2v) is 4.56. The van der Waals surface area contributed by atoms with Crippen LogP contribution < -0.4 is 10.5 Å². The maximum absolute atomic E-state index is 5.89. The first-order valence-corrected chi connectivity index (χ1v) is 6.24. The van der Waals surface area contributed by atoms with Crippen LogP contribution in [0.3, 0.4) is 0 Å². The third kappa shape index (κ3) is 2.45. The van der Waals surface area contributed by atoms with Crippen molar-refractivity contribution in [2.24, 2.45) is 11.7 Å². The van der Waals surface area contributed by atoms with Crippen molar-refractivity contribution in [2.75, 3.05) is 26.9 Å². The highest BCUT2D eigenvalue weighted by Gasteiger charge is 2.28. The van der Waals surface area contributed by atoms with E-state index in [9.17, 15) is 0 Å². The van der Waals surface area contributed by atoms with Crippen LogP contribution in [0.15, 0.2) is 18.2 Å². The second-order valence-electron chi connectivity index (χ2n) is 4.56. The predicted molar refractivity (Wildman–Crippen MR) is 68.5 cm³/mol. The molecule has 1 heterocycles. The molecule has 0 aliphatic carbocycles. The van der Waals surface area contributed by atoms with Crippen molar-refractivity contribution in [1.29, 1.82) is 0 Å². The molecule has 1 aliphatic heterocycles. The Kier molecular flexibility index (Phi) is 4.02. The van der Waals surface area contributed by atoms with Gasteiger partial charge in [-0.3, -0.25) is 0 Å². The van der Waals surface area contributed by atoms with Crippen LogP contribution in [-0.2, 0) is 11.2 Å². The van der Waals surface area contributed by atoms with Crippen LogP contribution >= 0.6 is 0 Å². The summed E-state index contributed by atoms with van der Waals surface area (Å²) in [4.78, 5) is 0. The average Bonchev–Trinajstić information content (AvgIpc) is 2.32. The van der Waals surface area contributed by atoms with Crippen LogP contribution in [0.5, 0.6) is 5.75 Å². The molecule has 94 valence electrons. The van der Waals surface area contributed by atoms with E-state index in [1.807, 2.05) is 0 Å². The SMILES string of the molecule is CCc1cc(C(CN)C2COC2)ccc1OC. The summed E-state index contributed by atoms with van der Waals surface area (Å²) in [5, 5.41) is 0. The van der Waals surface area contributed by atoms with E-state index in [1.54, 1.807) is 7.11 Å². The van der Waals surface area contributed by atoms with E-state index in [-0.39, 0.29) is 0 Å². The Hall–Kier alpha value is -1.06. The van der Waals surface area contributed by atoms with Gasteiger partial charge in [-0.2, -0.15) is 0 Å². The van der Waals surface area contributed by atoms with E-state index >= 15 is 0 Å². The van der Waals surface area contributed by atoms with Gasteiger partial charge in [0.25, 0.3) is 0 Å². The quantitative estimate of drug-likeness (QED) is 0.848. The van der Waals surface area contributed by atoms with Crippen molar-refractivity contribution >= 4 is 0 Å². The van der Waals surface area contributed by atoms with Crippen molar-refractivity contribution in [3.63, 3.8) is 0 Å². The largest absolute Gasteiger partial charge is 0.496 e. The van der Waals surface area contributed by atoms with Gasteiger partial charge in [-0.25, -0.2) is 0 Å². The first-order valence-electron chi connectivity index (χ1n) is 6.24. The number of nitrogens with two attached hydrogens (primary N) is 1. The number of ether oxygens (including phenoxy) is 2. The van der Waals surface area contributed by atoms with Gasteiger partial charge in [0.1, 0.15) is 5.75 Å². The lowest BCUT2D eigenvalue weighted by atomic mass is 9.84. The lowest BCUT2D eigenvalue weighted by Crippen LogP contribution is -2.36. The molecule has 17 heavy (non-hydrogen) atoms. The van der Waals surface area contributed by atoms with Gasteiger partial charge in [0.15, 0.2) is 0 Å². The van der Waals surface area contributed by atoms with Gasteiger partial charge in [0, 0.05) is 11.8 Å². The maximum atomic E-state index is 5.89. The first kappa shape index (κ1) is 12.4. The van der Waals surface area contributed by atoms with Gasteiger partial charge in [0.2, 0.25) is 0 Å². The summed E-state index contributed by atoms with van der Waals surface area (Å²) in [7, 11) is 1.72. The molecule has 1 saturated heterocycles. The normalized spacial score (nSPS) is 17.6. The smallest absolute Gasteiger partial charge is 0.122 e. The van der Waals surface area contributed by atoms with E-state index in [0.717, 1.165) is 25.4 Å². The summed E-state index contributed by atoms with van der Waals surface area (Å²) in [6.45, 7) is 4.51. The topological polar surface area (TPSA) is 44.5 Å². The Bertz CT molecular complexity index is 374. The van der Waals surface area contributed by atoms with Crippen LogP contribution in [0.4, 0.5) is 0 Å². The van der Waals surface area contributed by atoms with Crippen molar-refractivity contribution in [3.05, 3.63) is 29.3 Å². The molecule has 1 aromatic carbocycles. The first-order chi connectivity index (χ1) is 8.30. The molecule has 1 aromatic rings. The minimum atomic E-state index is 0.417. The predicted octanol–water partition coefficient (Wildman–Crippen LogP) is 1.95. The van der Waals surface area contributed by atoms with E-state index in [0.29, 0.717) is 18.4 Å². The van der Waals surface area contributed by atoms with E-state index in [4.69, 9.17) is 15.2 Å². The van der Waals surface area contributed by atoms with E-state index < -0.39 is 0 Å². The van der Waals surface area contributed by atoms with Gasteiger partial charge in [-0.05, 0) is 30.2 Å².